The smallest absolute Gasteiger partial charge is 0.143 e. The van der Waals surface area contributed by atoms with E-state index >= 15 is 0 Å². The van der Waals surface area contributed by atoms with Crippen LogP contribution in [0.2, 0.25) is 0 Å². The zero-order valence-corrected chi connectivity index (χ0v) is 32.9. The summed E-state index contributed by atoms with van der Waals surface area (Å²) in [6.45, 7) is 37.1. The Bertz CT molecular complexity index is 846. The molecule has 276 valence electrons. The van der Waals surface area contributed by atoms with E-state index < -0.39 is 0 Å². The first-order chi connectivity index (χ1) is 21.7. The second kappa shape index (κ2) is 21.1. The van der Waals surface area contributed by atoms with Gasteiger partial charge in [0.15, 0.2) is 0 Å². The van der Waals surface area contributed by atoms with E-state index in [1.165, 1.54) is 25.9 Å². The fraction of sp³-hybridized carbons (Fsp3) is 0.921. The van der Waals surface area contributed by atoms with Gasteiger partial charge in [-0.15, -0.1) is 0 Å². The average Bonchev–Trinajstić information content (AvgIpc) is 2.96. The SMILES string of the molecule is CC(=O)CCCN1CCN(C(C)(C)C)CC1.CC(=O)CCNC1CCN(C(C)(C)C)CC1.CC(=O)CNC1CCN(C(C)(C)C)CC1. The van der Waals surface area contributed by atoms with E-state index in [4.69, 9.17) is 0 Å². The van der Waals surface area contributed by atoms with E-state index in [0.29, 0.717) is 41.9 Å². The molecule has 3 fully saturated rings. The largest absolute Gasteiger partial charge is 0.313 e. The third kappa shape index (κ3) is 20.1. The van der Waals surface area contributed by atoms with Crippen LogP contribution in [0.1, 0.15) is 128 Å². The maximum atomic E-state index is 10.8. The molecule has 0 aromatic heterocycles. The Morgan fingerprint density at radius 2 is 0.915 bits per heavy atom. The van der Waals surface area contributed by atoms with Gasteiger partial charge in [-0.1, -0.05) is 0 Å². The van der Waals surface area contributed by atoms with Gasteiger partial charge >= 0.3 is 0 Å². The Labute approximate surface area is 290 Å². The molecular weight excluding hydrogens is 588 g/mol. The maximum Gasteiger partial charge on any atom is 0.143 e. The molecule has 2 N–H and O–H groups in total. The molecule has 3 rings (SSSR count). The highest BCUT2D eigenvalue weighted by Gasteiger charge is 2.28. The minimum Gasteiger partial charge on any atom is -0.313 e. The minimum absolute atomic E-state index is 0.230. The topological polar surface area (TPSA) is 88.2 Å². The molecule has 0 atom stereocenters. The monoisotopic (exact) mass is 665 g/mol. The summed E-state index contributed by atoms with van der Waals surface area (Å²) in [4.78, 5) is 42.6. The fourth-order valence-electron chi connectivity index (χ4n) is 6.44. The summed E-state index contributed by atoms with van der Waals surface area (Å²) in [6.07, 6.45) is 7.14. The van der Waals surface area contributed by atoms with Gasteiger partial charge in [0.1, 0.15) is 17.3 Å². The Morgan fingerprint density at radius 3 is 1.28 bits per heavy atom. The lowest BCUT2D eigenvalue weighted by atomic mass is 9.98. The highest BCUT2D eigenvalue weighted by atomic mass is 16.1. The van der Waals surface area contributed by atoms with Gasteiger partial charge in [0.25, 0.3) is 0 Å². The van der Waals surface area contributed by atoms with Gasteiger partial charge in [0, 0.05) is 100 Å². The molecule has 0 aliphatic carbocycles. The standard InChI is InChI=1S/2C13H26N2O.C12H24N2O/c1-11(16)5-8-14-12-6-9-15(10-7-12)13(2,3)4;1-12(16)6-5-7-14-8-10-15(11-9-14)13(2,3)4;1-10(15)9-13-11-5-7-14(8-6-11)12(2,3)4/h12,14H,5-10H2,1-4H3;5-11H2,1-4H3;11,13H,5-9H2,1-4H3. The van der Waals surface area contributed by atoms with E-state index in [1.54, 1.807) is 20.8 Å². The predicted octanol–water partition coefficient (Wildman–Crippen LogP) is 5.02. The Kier molecular flexibility index (Phi) is 19.7. The van der Waals surface area contributed by atoms with Crippen LogP contribution in [0.4, 0.5) is 0 Å². The molecule has 3 heterocycles. The van der Waals surface area contributed by atoms with Gasteiger partial charge in [0.2, 0.25) is 0 Å². The van der Waals surface area contributed by atoms with Crippen LogP contribution >= 0.6 is 0 Å². The Morgan fingerprint density at radius 1 is 0.532 bits per heavy atom. The van der Waals surface area contributed by atoms with Gasteiger partial charge in [-0.05, 0) is 122 Å². The van der Waals surface area contributed by atoms with E-state index in [-0.39, 0.29) is 17.1 Å². The van der Waals surface area contributed by atoms with Crippen LogP contribution in [0.3, 0.4) is 0 Å². The van der Waals surface area contributed by atoms with Crippen LogP contribution in [0.5, 0.6) is 0 Å². The first-order valence-corrected chi connectivity index (χ1v) is 18.6. The normalized spacial score (nSPS) is 20.2. The van der Waals surface area contributed by atoms with Crippen molar-refractivity contribution >= 4 is 17.3 Å². The van der Waals surface area contributed by atoms with Crippen molar-refractivity contribution in [3.05, 3.63) is 0 Å². The zero-order chi connectivity index (χ0) is 35.8. The van der Waals surface area contributed by atoms with Crippen molar-refractivity contribution in [1.82, 2.24) is 30.2 Å². The molecule has 9 heteroatoms. The number of Topliss-reactive ketones (excluding diaryl/α,β-unsaturated/α-hetero) is 3. The second-order valence-electron chi connectivity index (χ2n) is 17.2. The summed E-state index contributed by atoms with van der Waals surface area (Å²) in [5.41, 5.74) is 0.876. The summed E-state index contributed by atoms with van der Waals surface area (Å²) in [7, 11) is 0. The summed E-state index contributed by atoms with van der Waals surface area (Å²) >= 11 is 0. The molecule has 9 nitrogen and oxygen atoms in total. The molecule has 0 bridgehead atoms. The first-order valence-electron chi connectivity index (χ1n) is 18.6. The quantitative estimate of drug-likeness (QED) is 0.316. The second-order valence-corrected chi connectivity index (χ2v) is 17.2. The van der Waals surface area contributed by atoms with Crippen LogP contribution in [-0.2, 0) is 14.4 Å². The molecule has 3 aliphatic rings. The molecular formula is C38H76N6O3. The van der Waals surface area contributed by atoms with E-state index in [2.05, 4.69) is 92.5 Å². The van der Waals surface area contributed by atoms with Crippen LogP contribution in [0.25, 0.3) is 0 Å². The highest BCUT2D eigenvalue weighted by molar-refractivity contribution is 5.77. The molecule has 0 amide bonds. The van der Waals surface area contributed by atoms with Crippen LogP contribution in [0, 0.1) is 0 Å². The molecule has 0 spiro atoms. The number of ketones is 3. The van der Waals surface area contributed by atoms with Gasteiger partial charge in [-0.25, -0.2) is 0 Å². The van der Waals surface area contributed by atoms with Crippen molar-refractivity contribution in [1.29, 1.82) is 0 Å². The minimum atomic E-state index is 0.230. The van der Waals surface area contributed by atoms with Crippen molar-refractivity contribution in [2.24, 2.45) is 0 Å². The number of nitrogens with one attached hydrogen (secondary N) is 2. The number of piperidine rings is 2. The van der Waals surface area contributed by atoms with Crippen LogP contribution < -0.4 is 10.6 Å². The summed E-state index contributed by atoms with van der Waals surface area (Å²) < 4.78 is 0. The van der Waals surface area contributed by atoms with E-state index in [1.807, 2.05) is 0 Å². The number of carbonyl (C=O) groups excluding carboxylic acids is 3. The number of carbonyl (C=O) groups is 3. The summed E-state index contributed by atoms with van der Waals surface area (Å²) in [5.74, 6) is 0.821. The molecule has 3 saturated heterocycles. The fourth-order valence-corrected chi connectivity index (χ4v) is 6.44. The van der Waals surface area contributed by atoms with Crippen LogP contribution in [0.15, 0.2) is 0 Å². The van der Waals surface area contributed by atoms with Crippen molar-refractivity contribution in [3.8, 4) is 0 Å². The van der Waals surface area contributed by atoms with Crippen molar-refractivity contribution < 1.29 is 14.4 Å². The van der Waals surface area contributed by atoms with Gasteiger partial charge in [0.05, 0.1) is 6.54 Å². The van der Waals surface area contributed by atoms with E-state index in [9.17, 15) is 14.4 Å². The van der Waals surface area contributed by atoms with Crippen molar-refractivity contribution in [2.75, 3.05) is 72.0 Å². The third-order valence-electron chi connectivity index (χ3n) is 9.76. The number of rotatable bonds is 11. The average molecular weight is 665 g/mol. The van der Waals surface area contributed by atoms with Gasteiger partial charge < -0.3 is 20.3 Å². The molecule has 3 aliphatic heterocycles. The molecule has 0 aromatic rings. The molecule has 0 unspecified atom stereocenters. The Hall–Kier alpha value is -1.23. The molecule has 47 heavy (non-hydrogen) atoms. The number of piperazine rings is 1. The summed E-state index contributed by atoms with van der Waals surface area (Å²) in [5, 5.41) is 6.79. The van der Waals surface area contributed by atoms with Crippen molar-refractivity contribution in [2.45, 2.75) is 157 Å². The van der Waals surface area contributed by atoms with Crippen molar-refractivity contribution in [3.63, 3.8) is 0 Å². The summed E-state index contributed by atoms with van der Waals surface area (Å²) in [6, 6.07) is 1.14. The lowest BCUT2D eigenvalue weighted by Crippen LogP contribution is -2.53. The molecule has 0 saturated carbocycles. The van der Waals surface area contributed by atoms with Crippen LogP contribution in [-0.4, -0.2) is 138 Å². The van der Waals surface area contributed by atoms with Gasteiger partial charge in [-0.3, -0.25) is 24.3 Å². The van der Waals surface area contributed by atoms with Gasteiger partial charge in [-0.2, -0.15) is 0 Å². The lowest BCUT2D eigenvalue weighted by molar-refractivity contribution is -0.117. The number of nitrogens with zero attached hydrogens (tertiary/aromatic N) is 4. The number of hydrogen-bond acceptors (Lipinski definition) is 9. The first kappa shape index (κ1) is 43.8. The predicted molar refractivity (Wildman–Crippen MR) is 198 cm³/mol. The lowest BCUT2D eigenvalue weighted by Gasteiger charge is -2.42. The zero-order valence-electron chi connectivity index (χ0n) is 32.9. The van der Waals surface area contributed by atoms with E-state index in [0.717, 1.165) is 78.0 Å². The molecule has 0 radical (unpaired) electrons. The maximum absolute atomic E-state index is 10.8. The number of likely N-dealkylation sites (tertiary alicyclic amines) is 2. The molecule has 0 aromatic carbocycles. The Balaban J connectivity index is 0.000000353. The third-order valence-corrected chi connectivity index (χ3v) is 9.76. The number of hydrogen-bond donors (Lipinski definition) is 2. The highest BCUT2D eigenvalue weighted by Crippen LogP contribution is 2.21.